The van der Waals surface area contributed by atoms with E-state index in [1.54, 1.807) is 4.68 Å². The van der Waals surface area contributed by atoms with Gasteiger partial charge in [0.05, 0.1) is 17.2 Å². The van der Waals surface area contributed by atoms with Crippen LogP contribution in [0.4, 0.5) is 0 Å². The van der Waals surface area contributed by atoms with Gasteiger partial charge in [0.25, 0.3) is 0 Å². The molecule has 188 valence electrons. The second-order valence-electron chi connectivity index (χ2n) is 12.6. The van der Waals surface area contributed by atoms with Crippen LogP contribution in [-0.4, -0.2) is 44.2 Å². The largest absolute Gasteiger partial charge is 0.387 e. The zero-order chi connectivity index (χ0) is 23.9. The number of nitrogens with zero attached hydrogens (tertiary/aromatic N) is 3. The van der Waals surface area contributed by atoms with Crippen molar-refractivity contribution in [1.29, 1.82) is 0 Å². The first-order valence-electron chi connectivity index (χ1n) is 14.1. The number of fused-ring (bicyclic) bond motifs is 8. The Kier molecular flexibility index (Phi) is 5.03. The number of Topliss-reactive ketones (excluding diaryl/α,β-unsaturated/α-hetero) is 1. The van der Waals surface area contributed by atoms with Crippen molar-refractivity contribution in [1.82, 2.24) is 15.0 Å². The average molecular weight is 478 g/mol. The highest BCUT2D eigenvalue weighted by atomic mass is 16.5. The van der Waals surface area contributed by atoms with Gasteiger partial charge < -0.3 is 9.84 Å². The Morgan fingerprint density at radius 1 is 1.06 bits per heavy atom. The lowest BCUT2D eigenvalue weighted by Crippen LogP contribution is -2.50. The molecule has 5 fully saturated rings. The third-order valence-electron chi connectivity index (χ3n) is 11.5. The lowest BCUT2D eigenvalue weighted by atomic mass is 9.49. The molecule has 0 spiro atoms. The minimum Gasteiger partial charge on any atom is -0.387 e. The van der Waals surface area contributed by atoms with Gasteiger partial charge in [0.15, 0.2) is 5.78 Å². The highest BCUT2D eigenvalue weighted by Gasteiger charge is 2.72. The number of hydrogen-bond acceptors (Lipinski definition) is 5. The minimum atomic E-state index is -0.538. The molecule has 0 aliphatic heterocycles. The van der Waals surface area contributed by atoms with Gasteiger partial charge in [0.1, 0.15) is 12.1 Å². The van der Waals surface area contributed by atoms with Gasteiger partial charge in [0.2, 0.25) is 0 Å². The molecule has 2 unspecified atom stereocenters. The van der Waals surface area contributed by atoms with Crippen LogP contribution >= 0.6 is 0 Å². The van der Waals surface area contributed by atoms with Crippen molar-refractivity contribution >= 4 is 16.8 Å². The summed E-state index contributed by atoms with van der Waals surface area (Å²) in [6.45, 7) is 5.52. The third kappa shape index (κ3) is 3.11. The molecule has 6 heteroatoms. The van der Waals surface area contributed by atoms with E-state index in [9.17, 15) is 9.90 Å². The van der Waals surface area contributed by atoms with E-state index in [0.717, 1.165) is 48.0 Å². The summed E-state index contributed by atoms with van der Waals surface area (Å²) >= 11 is 0. The zero-order valence-electron chi connectivity index (χ0n) is 21.1. The van der Waals surface area contributed by atoms with Gasteiger partial charge in [-0.05, 0) is 105 Å². The summed E-state index contributed by atoms with van der Waals surface area (Å²) in [4.78, 5) is 13.7. The Hall–Kier alpha value is -1.79. The molecule has 0 radical (unpaired) electrons. The molecule has 5 aliphatic rings. The van der Waals surface area contributed by atoms with E-state index in [4.69, 9.17) is 4.74 Å². The standard InChI is InChI=1S/C29H39N3O3/c1-3-35-27-26-20-9-8-19-17(18(20)13-15-29(26,27)34)12-14-28(2)21(19)10-11-22(28)25(33)16-32-24-7-5-4-6-23(24)30-31-32/h4-7,17-22,26-27,34H,3,8-16H2,1-2H3/t17-,18-,19-,20-,21+,22-,26?,27?,28+,29-/m1/s1. The summed E-state index contributed by atoms with van der Waals surface area (Å²) in [6.07, 6.45) is 9.30. The number of carbonyl (C=O) groups is 1. The molecule has 0 bridgehead atoms. The number of ketones is 1. The predicted molar refractivity (Wildman–Crippen MR) is 132 cm³/mol. The van der Waals surface area contributed by atoms with Crippen molar-refractivity contribution in [3.63, 3.8) is 0 Å². The Morgan fingerprint density at radius 3 is 2.69 bits per heavy atom. The number of ether oxygens (including phenoxy) is 1. The van der Waals surface area contributed by atoms with Crippen molar-refractivity contribution in [2.45, 2.75) is 83.5 Å². The van der Waals surface area contributed by atoms with Crippen molar-refractivity contribution in [3.8, 4) is 0 Å². The Balaban J connectivity index is 1.08. The molecule has 7 rings (SSSR count). The molecule has 1 aromatic carbocycles. The predicted octanol–water partition coefficient (Wildman–Crippen LogP) is 4.65. The Morgan fingerprint density at radius 2 is 1.83 bits per heavy atom. The second kappa shape index (κ2) is 7.85. The van der Waals surface area contributed by atoms with E-state index in [2.05, 4.69) is 17.2 Å². The lowest BCUT2D eigenvalue weighted by Gasteiger charge is -2.55. The smallest absolute Gasteiger partial charge is 0.157 e. The van der Waals surface area contributed by atoms with Crippen LogP contribution in [0.1, 0.15) is 65.2 Å². The molecule has 5 aliphatic carbocycles. The molecular weight excluding hydrogens is 438 g/mol. The maximum atomic E-state index is 13.7. The van der Waals surface area contributed by atoms with E-state index in [1.807, 2.05) is 31.2 Å². The summed E-state index contributed by atoms with van der Waals surface area (Å²) in [7, 11) is 0. The molecule has 35 heavy (non-hydrogen) atoms. The average Bonchev–Trinajstić information content (AvgIpc) is 3.13. The fraction of sp³-hybridized carbons (Fsp3) is 0.759. The summed E-state index contributed by atoms with van der Waals surface area (Å²) in [6, 6.07) is 7.91. The lowest BCUT2D eigenvalue weighted by molar-refractivity contribution is -0.131. The normalized spacial score (nSPS) is 45.9. The van der Waals surface area contributed by atoms with Crippen LogP contribution in [0.25, 0.3) is 11.0 Å². The van der Waals surface area contributed by atoms with Crippen LogP contribution in [0, 0.1) is 46.8 Å². The van der Waals surface area contributed by atoms with Crippen molar-refractivity contribution in [3.05, 3.63) is 24.3 Å². The molecule has 0 saturated heterocycles. The number of rotatable bonds is 5. The first-order chi connectivity index (χ1) is 17.0. The maximum absolute atomic E-state index is 13.7. The molecular formula is C29H39N3O3. The summed E-state index contributed by atoms with van der Waals surface area (Å²) < 4.78 is 7.79. The minimum absolute atomic E-state index is 0.0780. The van der Waals surface area contributed by atoms with Gasteiger partial charge in [-0.3, -0.25) is 4.79 Å². The first kappa shape index (κ1) is 22.4. The highest BCUT2D eigenvalue weighted by Crippen LogP contribution is 2.69. The van der Waals surface area contributed by atoms with Crippen LogP contribution in [0.5, 0.6) is 0 Å². The summed E-state index contributed by atoms with van der Waals surface area (Å²) in [5.74, 6) is 4.40. The van der Waals surface area contributed by atoms with Crippen molar-refractivity contribution in [2.75, 3.05) is 6.61 Å². The van der Waals surface area contributed by atoms with E-state index in [1.165, 1.54) is 32.1 Å². The van der Waals surface area contributed by atoms with Crippen LogP contribution in [0.2, 0.25) is 0 Å². The molecule has 0 amide bonds. The van der Waals surface area contributed by atoms with E-state index in [-0.39, 0.29) is 17.4 Å². The monoisotopic (exact) mass is 477 g/mol. The first-order valence-corrected chi connectivity index (χ1v) is 14.1. The number of carbonyl (C=O) groups excluding carboxylic acids is 1. The number of hydrogen-bond donors (Lipinski definition) is 1. The van der Waals surface area contributed by atoms with Crippen molar-refractivity contribution < 1.29 is 14.6 Å². The van der Waals surface area contributed by atoms with Crippen molar-refractivity contribution in [2.24, 2.45) is 46.8 Å². The van der Waals surface area contributed by atoms with Crippen LogP contribution in [0.3, 0.4) is 0 Å². The van der Waals surface area contributed by atoms with Gasteiger partial charge in [-0.25, -0.2) is 4.68 Å². The fourth-order valence-electron chi connectivity index (χ4n) is 10.0. The van der Waals surface area contributed by atoms with Crippen LogP contribution in [-0.2, 0) is 16.1 Å². The summed E-state index contributed by atoms with van der Waals surface area (Å²) in [5.41, 5.74) is 1.38. The molecule has 6 nitrogen and oxygen atoms in total. The van der Waals surface area contributed by atoms with Crippen LogP contribution in [0.15, 0.2) is 24.3 Å². The van der Waals surface area contributed by atoms with Gasteiger partial charge in [0, 0.05) is 18.4 Å². The number of benzene rings is 1. The molecule has 1 aromatic heterocycles. The SMILES string of the molecule is CCOC1C2[C@@H]3CC[C@@H]4[C@H](CC[C@]5(C)[C@@H](C(=O)Cn6nnc7ccccc76)CC[C@@H]45)[C@H]3CC[C@]12O. The van der Waals surface area contributed by atoms with Gasteiger partial charge in [-0.1, -0.05) is 24.3 Å². The van der Waals surface area contributed by atoms with Crippen LogP contribution < -0.4 is 0 Å². The van der Waals surface area contributed by atoms with E-state index < -0.39 is 5.60 Å². The Labute approximate surface area is 207 Å². The molecule has 10 atom stereocenters. The topological polar surface area (TPSA) is 77.2 Å². The maximum Gasteiger partial charge on any atom is 0.157 e. The number of aliphatic hydroxyl groups is 1. The van der Waals surface area contributed by atoms with E-state index in [0.29, 0.717) is 36.7 Å². The molecule has 5 saturated carbocycles. The fourth-order valence-corrected chi connectivity index (χ4v) is 10.0. The van der Waals surface area contributed by atoms with Gasteiger partial charge >= 0.3 is 0 Å². The quantitative estimate of drug-likeness (QED) is 0.679. The van der Waals surface area contributed by atoms with Gasteiger partial charge in [-0.2, -0.15) is 0 Å². The zero-order valence-corrected chi connectivity index (χ0v) is 21.1. The van der Waals surface area contributed by atoms with Gasteiger partial charge in [-0.15, -0.1) is 5.10 Å². The highest BCUT2D eigenvalue weighted by molar-refractivity contribution is 5.84. The molecule has 2 aromatic rings. The molecule has 1 heterocycles. The second-order valence-corrected chi connectivity index (χ2v) is 12.6. The summed E-state index contributed by atoms with van der Waals surface area (Å²) in [5, 5.41) is 19.7. The van der Waals surface area contributed by atoms with E-state index >= 15 is 0 Å². The number of para-hydroxylation sites is 1. The molecule has 1 N–H and O–H groups in total. The Bertz CT molecular complexity index is 1150. The number of aromatic nitrogens is 3. The third-order valence-corrected chi connectivity index (χ3v) is 11.5.